The van der Waals surface area contributed by atoms with Crippen LogP contribution in [0.4, 0.5) is 10.5 Å². The van der Waals surface area contributed by atoms with Crippen LogP contribution in [0, 0.1) is 12.8 Å². The molecule has 24 heavy (non-hydrogen) atoms. The average Bonchev–Trinajstić information content (AvgIpc) is 2.55. The second-order valence-electron chi connectivity index (χ2n) is 5.99. The molecule has 1 aliphatic heterocycles. The topological polar surface area (TPSA) is 62.3 Å². The second-order valence-corrected chi connectivity index (χ2v) is 5.99. The molecule has 5 nitrogen and oxygen atoms in total. The van der Waals surface area contributed by atoms with Crippen LogP contribution in [0.2, 0.25) is 0 Å². The Morgan fingerprint density at radius 2 is 1.88 bits per heavy atom. The van der Waals surface area contributed by atoms with Gasteiger partial charge in [0.15, 0.2) is 0 Å². The number of rotatable bonds is 2. The summed E-state index contributed by atoms with van der Waals surface area (Å²) in [4.78, 5) is 28.7. The predicted octanol–water partition coefficient (Wildman–Crippen LogP) is 4.01. The van der Waals surface area contributed by atoms with Crippen LogP contribution < -0.4 is 10.2 Å². The van der Waals surface area contributed by atoms with Crippen LogP contribution in [-0.2, 0) is 4.79 Å². The summed E-state index contributed by atoms with van der Waals surface area (Å²) >= 11 is 0. The lowest BCUT2D eigenvalue weighted by molar-refractivity contribution is -0.120. The molecule has 0 saturated carbocycles. The van der Waals surface area contributed by atoms with Crippen molar-refractivity contribution in [3.8, 4) is 0 Å². The molecule has 1 aromatic rings. The van der Waals surface area contributed by atoms with Gasteiger partial charge < -0.3 is 0 Å². The number of urea groups is 1. The van der Waals surface area contributed by atoms with Gasteiger partial charge in [0.2, 0.25) is 5.91 Å². The summed E-state index contributed by atoms with van der Waals surface area (Å²) in [5.74, 6) is 0.643. The summed E-state index contributed by atoms with van der Waals surface area (Å²) in [7, 11) is 0. The number of hydrogen-bond donors (Lipinski definition) is 1. The van der Waals surface area contributed by atoms with Gasteiger partial charge in [-0.05, 0) is 24.5 Å². The van der Waals surface area contributed by atoms with Crippen molar-refractivity contribution in [2.45, 2.75) is 40.5 Å². The first-order valence-electron chi connectivity index (χ1n) is 8.31. The van der Waals surface area contributed by atoms with Crippen LogP contribution in [0.25, 0.3) is 0 Å². The van der Waals surface area contributed by atoms with Gasteiger partial charge in [-0.1, -0.05) is 51.5 Å². The maximum atomic E-state index is 11.8. The Labute approximate surface area is 144 Å². The molecule has 0 aliphatic carbocycles. The van der Waals surface area contributed by atoms with E-state index in [4.69, 9.17) is 0 Å². The molecular formula is C19H27N3O2. The highest BCUT2D eigenvalue weighted by Crippen LogP contribution is 2.18. The van der Waals surface area contributed by atoms with Gasteiger partial charge in [0, 0.05) is 19.2 Å². The smallest absolute Gasteiger partial charge is 0.292 e. The molecule has 5 heteroatoms. The van der Waals surface area contributed by atoms with Crippen LogP contribution in [0.1, 0.15) is 39.2 Å². The lowest BCUT2D eigenvalue weighted by Gasteiger charge is -2.26. The first kappa shape index (κ1) is 19.6. The second kappa shape index (κ2) is 10.4. The summed E-state index contributed by atoms with van der Waals surface area (Å²) in [6.45, 7) is 8.92. The molecule has 1 N–H and O–H groups in total. The maximum Gasteiger partial charge on any atom is 0.328 e. The first-order chi connectivity index (χ1) is 11.5. The molecule has 0 spiro atoms. The fourth-order valence-corrected chi connectivity index (χ4v) is 1.80. The zero-order valence-electron chi connectivity index (χ0n) is 15.0. The van der Waals surface area contributed by atoms with Crippen molar-refractivity contribution < 1.29 is 9.59 Å². The molecule has 2 rings (SSSR count). The Morgan fingerprint density at radius 1 is 1.21 bits per heavy atom. The molecule has 0 atom stereocenters. The van der Waals surface area contributed by atoms with Crippen molar-refractivity contribution in [1.29, 1.82) is 0 Å². The highest BCUT2D eigenvalue weighted by molar-refractivity contribution is 6.05. The minimum absolute atomic E-state index is 0.241. The van der Waals surface area contributed by atoms with E-state index in [9.17, 15) is 9.59 Å². The molecular weight excluding hydrogens is 302 g/mol. The molecule has 0 unspecified atom stereocenters. The molecule has 0 aromatic carbocycles. The number of aromatic nitrogens is 1. The van der Waals surface area contributed by atoms with Crippen LogP contribution in [-0.4, -0.2) is 23.5 Å². The highest BCUT2D eigenvalue weighted by Gasteiger charge is 2.24. The van der Waals surface area contributed by atoms with Gasteiger partial charge in [-0.15, -0.1) is 0 Å². The van der Waals surface area contributed by atoms with Crippen molar-refractivity contribution in [2.24, 2.45) is 5.92 Å². The van der Waals surface area contributed by atoms with Gasteiger partial charge in [-0.3, -0.25) is 20.0 Å². The van der Waals surface area contributed by atoms with E-state index >= 15 is 0 Å². The third-order valence-corrected chi connectivity index (χ3v) is 3.61. The Balaban J connectivity index is 0.000000505. The van der Waals surface area contributed by atoms with Crippen LogP contribution in [0.3, 0.4) is 0 Å². The summed E-state index contributed by atoms with van der Waals surface area (Å²) in [6, 6.07) is 8.96. The molecule has 1 aliphatic rings. The SMILES string of the molecule is CCC(C)C.Cc1ccccccncc1N1CCC(=O)NC1=O. The molecule has 3 amide bonds. The van der Waals surface area contributed by atoms with E-state index in [0.717, 1.165) is 11.5 Å². The molecule has 2 heterocycles. The molecule has 1 fully saturated rings. The summed E-state index contributed by atoms with van der Waals surface area (Å²) in [5, 5.41) is 2.31. The highest BCUT2D eigenvalue weighted by atomic mass is 16.2. The van der Waals surface area contributed by atoms with Crippen LogP contribution in [0.15, 0.2) is 42.7 Å². The number of imide groups is 1. The summed E-state index contributed by atoms with van der Waals surface area (Å²) in [6.07, 6.45) is 4.89. The van der Waals surface area contributed by atoms with Crippen molar-refractivity contribution in [1.82, 2.24) is 10.3 Å². The summed E-state index contributed by atoms with van der Waals surface area (Å²) in [5.41, 5.74) is 1.61. The maximum absolute atomic E-state index is 11.8. The quantitative estimate of drug-likeness (QED) is 0.891. The fraction of sp³-hybridized carbons (Fsp3) is 0.421. The van der Waals surface area contributed by atoms with Crippen LogP contribution >= 0.6 is 0 Å². The monoisotopic (exact) mass is 329 g/mol. The van der Waals surface area contributed by atoms with E-state index < -0.39 is 6.03 Å². The van der Waals surface area contributed by atoms with Crippen LogP contribution in [0.5, 0.6) is 0 Å². The Bertz CT molecular complexity index is 613. The first-order valence-corrected chi connectivity index (χ1v) is 8.31. The zero-order valence-corrected chi connectivity index (χ0v) is 15.0. The Kier molecular flexibility index (Phi) is 8.47. The van der Waals surface area contributed by atoms with Crippen molar-refractivity contribution >= 4 is 17.6 Å². The van der Waals surface area contributed by atoms with E-state index in [1.807, 2.05) is 31.2 Å². The van der Waals surface area contributed by atoms with E-state index in [2.05, 4.69) is 31.1 Å². The third kappa shape index (κ3) is 6.77. The Morgan fingerprint density at radius 3 is 2.50 bits per heavy atom. The minimum atomic E-state index is -0.401. The van der Waals surface area contributed by atoms with E-state index in [0.29, 0.717) is 18.7 Å². The number of carbonyl (C=O) groups is 2. The number of amides is 3. The van der Waals surface area contributed by atoms with Crippen molar-refractivity contribution in [3.63, 3.8) is 0 Å². The molecule has 1 aromatic heterocycles. The van der Waals surface area contributed by atoms with E-state index in [-0.39, 0.29) is 5.91 Å². The van der Waals surface area contributed by atoms with Gasteiger partial charge in [0.05, 0.1) is 11.9 Å². The van der Waals surface area contributed by atoms with Crippen molar-refractivity contribution in [2.75, 3.05) is 11.4 Å². The van der Waals surface area contributed by atoms with Gasteiger partial charge in [-0.2, -0.15) is 0 Å². The van der Waals surface area contributed by atoms with Gasteiger partial charge in [-0.25, -0.2) is 4.79 Å². The van der Waals surface area contributed by atoms with E-state index in [1.165, 1.54) is 11.3 Å². The molecule has 1 saturated heterocycles. The number of carbonyl (C=O) groups excluding carboxylic acids is 2. The lowest BCUT2D eigenvalue weighted by atomic mass is 10.2. The lowest BCUT2D eigenvalue weighted by Crippen LogP contribution is -2.49. The average molecular weight is 329 g/mol. The molecule has 130 valence electrons. The van der Waals surface area contributed by atoms with Crippen molar-refractivity contribution in [3.05, 3.63) is 48.3 Å². The minimum Gasteiger partial charge on any atom is -0.292 e. The van der Waals surface area contributed by atoms with Gasteiger partial charge in [0.1, 0.15) is 0 Å². The molecule has 0 bridgehead atoms. The van der Waals surface area contributed by atoms with E-state index in [1.54, 1.807) is 18.5 Å². The summed E-state index contributed by atoms with van der Waals surface area (Å²) < 4.78 is 0. The van der Waals surface area contributed by atoms with Gasteiger partial charge in [0.25, 0.3) is 0 Å². The number of nitrogens with zero attached hydrogens (tertiary/aromatic N) is 2. The number of anilines is 1. The molecule has 0 radical (unpaired) electrons. The predicted molar refractivity (Wildman–Crippen MR) is 97.2 cm³/mol. The normalized spacial score (nSPS) is 13.6. The third-order valence-electron chi connectivity index (χ3n) is 3.61. The Hall–Kier alpha value is -2.43. The number of hydrogen-bond acceptors (Lipinski definition) is 3. The largest absolute Gasteiger partial charge is 0.328 e. The number of nitrogens with one attached hydrogen (secondary N) is 1. The zero-order chi connectivity index (χ0) is 17.9. The van der Waals surface area contributed by atoms with Gasteiger partial charge >= 0.3 is 6.03 Å². The standard InChI is InChI=1S/C14H15N3O2.C5H12/c1-11-6-4-2-3-5-8-15-10-12(11)17-9-7-13(18)16-14(17)19;1-4-5(2)3/h2-6,8,10H,7,9H2,1H3,(H,16,18,19);5H,4H2,1-3H3. The fourth-order valence-electron chi connectivity index (χ4n) is 1.80. The number of aryl methyl sites for hydroxylation is 1.